The number of carbonyl (C=O) groups is 1. The highest BCUT2D eigenvalue weighted by Crippen LogP contribution is 2.30. The molecule has 4 rings (SSSR count). The van der Waals surface area contributed by atoms with Crippen LogP contribution in [-0.2, 0) is 0 Å². The third kappa shape index (κ3) is 2.26. The van der Waals surface area contributed by atoms with E-state index in [1.165, 1.54) is 11.3 Å². The first-order chi connectivity index (χ1) is 11.1. The van der Waals surface area contributed by atoms with Crippen LogP contribution in [-0.4, -0.2) is 47.6 Å². The minimum Gasteiger partial charge on any atom is -0.294 e. The fraction of sp³-hybridized carbons (Fsp3) is 0.235. The van der Waals surface area contributed by atoms with E-state index in [2.05, 4.69) is 17.1 Å². The van der Waals surface area contributed by atoms with Crippen molar-refractivity contribution in [2.24, 2.45) is 9.98 Å². The fourth-order valence-electron chi connectivity index (χ4n) is 2.88. The Labute approximate surface area is 138 Å². The number of amidine groups is 1. The molecule has 2 aliphatic rings. The molecular weight excluding hydrogens is 308 g/mol. The summed E-state index contributed by atoms with van der Waals surface area (Å²) in [6.07, 6.45) is 0. The smallest absolute Gasteiger partial charge is 0.270 e. The monoisotopic (exact) mass is 324 g/mol. The Hall–Kier alpha value is -2.47. The molecule has 0 saturated carbocycles. The molecule has 0 fully saturated rings. The van der Waals surface area contributed by atoms with Gasteiger partial charge in [-0.15, -0.1) is 11.3 Å². The van der Waals surface area contributed by atoms with E-state index in [1.807, 2.05) is 35.4 Å². The van der Waals surface area contributed by atoms with Crippen LogP contribution in [0.3, 0.4) is 0 Å². The Morgan fingerprint density at radius 3 is 3.00 bits per heavy atom. The number of rotatable bonds is 1. The van der Waals surface area contributed by atoms with Crippen molar-refractivity contribution in [2.45, 2.75) is 6.92 Å². The molecule has 0 spiro atoms. The summed E-state index contributed by atoms with van der Waals surface area (Å²) in [6.45, 7) is 3.52. The highest BCUT2D eigenvalue weighted by atomic mass is 32.1. The molecule has 3 heterocycles. The first-order valence-corrected chi connectivity index (χ1v) is 8.36. The largest absolute Gasteiger partial charge is 0.294 e. The van der Waals surface area contributed by atoms with Gasteiger partial charge in [0.05, 0.1) is 17.1 Å². The van der Waals surface area contributed by atoms with E-state index < -0.39 is 0 Å². The summed E-state index contributed by atoms with van der Waals surface area (Å²) in [7, 11) is 1.78. The number of aliphatic imine (C=N–C) groups is 2. The number of benzene rings is 1. The molecule has 1 aromatic heterocycles. The summed E-state index contributed by atoms with van der Waals surface area (Å²) in [5.74, 6) is 1.52. The standard InChI is InChI=1S/C17H16N4OS/c1-11-5-6-12-13(10-11)19-17(21-8-7-18-15(12)21)20(2)16(22)14-4-3-9-23-14/h3-6,9-10H,7-8H2,1-2H3. The summed E-state index contributed by atoms with van der Waals surface area (Å²) < 4.78 is 0. The van der Waals surface area contributed by atoms with Gasteiger partial charge in [-0.3, -0.25) is 19.6 Å². The second kappa shape index (κ2) is 5.31. The number of carbonyl (C=O) groups excluding carboxylic acids is 1. The molecule has 1 amide bonds. The summed E-state index contributed by atoms with van der Waals surface area (Å²) in [5.41, 5.74) is 3.06. The quantitative estimate of drug-likeness (QED) is 0.810. The predicted molar refractivity (Wildman–Crippen MR) is 92.8 cm³/mol. The van der Waals surface area contributed by atoms with E-state index in [1.54, 1.807) is 11.9 Å². The summed E-state index contributed by atoms with van der Waals surface area (Å²) in [6, 6.07) is 9.89. The van der Waals surface area contributed by atoms with E-state index in [0.717, 1.165) is 35.7 Å². The van der Waals surface area contributed by atoms with Crippen LogP contribution >= 0.6 is 11.3 Å². The van der Waals surface area contributed by atoms with Crippen LogP contribution in [0.5, 0.6) is 0 Å². The third-order valence-corrected chi connectivity index (χ3v) is 4.89. The van der Waals surface area contributed by atoms with Crippen molar-refractivity contribution >= 4 is 34.7 Å². The molecular formula is C17H16N4OS. The van der Waals surface area contributed by atoms with Gasteiger partial charge in [0, 0.05) is 19.2 Å². The number of aryl methyl sites for hydroxylation is 1. The molecule has 0 saturated heterocycles. The summed E-state index contributed by atoms with van der Waals surface area (Å²) in [4.78, 5) is 26.4. The molecule has 0 atom stereocenters. The molecule has 0 N–H and O–H groups in total. The summed E-state index contributed by atoms with van der Waals surface area (Å²) >= 11 is 1.44. The Morgan fingerprint density at radius 2 is 2.22 bits per heavy atom. The van der Waals surface area contributed by atoms with E-state index in [0.29, 0.717) is 10.8 Å². The van der Waals surface area contributed by atoms with Gasteiger partial charge in [-0.05, 0) is 36.1 Å². The molecule has 0 aliphatic carbocycles. The van der Waals surface area contributed by atoms with Gasteiger partial charge in [0.2, 0.25) is 5.96 Å². The molecule has 0 bridgehead atoms. The normalized spacial score (nSPS) is 15.7. The van der Waals surface area contributed by atoms with Gasteiger partial charge >= 0.3 is 0 Å². The SMILES string of the molecule is Cc1ccc2c(c1)N=C(N(C)C(=O)c1cccs1)N1CCN=C21. The molecule has 2 aromatic rings. The molecule has 5 nitrogen and oxygen atoms in total. The third-order valence-electron chi connectivity index (χ3n) is 4.03. The zero-order valence-corrected chi connectivity index (χ0v) is 13.8. The zero-order chi connectivity index (χ0) is 16.0. The van der Waals surface area contributed by atoms with Gasteiger partial charge in [0.15, 0.2) is 0 Å². The van der Waals surface area contributed by atoms with Crippen molar-refractivity contribution in [3.05, 3.63) is 51.7 Å². The van der Waals surface area contributed by atoms with Crippen LogP contribution in [0, 0.1) is 6.92 Å². The lowest BCUT2D eigenvalue weighted by molar-refractivity contribution is 0.0866. The van der Waals surface area contributed by atoms with Gasteiger partial charge in [-0.1, -0.05) is 12.1 Å². The summed E-state index contributed by atoms with van der Waals surface area (Å²) in [5, 5.41) is 1.91. The number of hydrogen-bond donors (Lipinski definition) is 0. The van der Waals surface area contributed by atoms with Crippen LogP contribution < -0.4 is 0 Å². The van der Waals surface area contributed by atoms with Crippen LogP contribution in [0.1, 0.15) is 20.8 Å². The molecule has 6 heteroatoms. The van der Waals surface area contributed by atoms with Crippen molar-refractivity contribution < 1.29 is 4.79 Å². The minimum absolute atomic E-state index is 0.0406. The Bertz CT molecular complexity index is 838. The topological polar surface area (TPSA) is 48.3 Å². The highest BCUT2D eigenvalue weighted by Gasteiger charge is 2.33. The maximum atomic E-state index is 12.7. The Kier molecular flexibility index (Phi) is 3.27. The van der Waals surface area contributed by atoms with Crippen LogP contribution in [0.4, 0.5) is 5.69 Å². The van der Waals surface area contributed by atoms with E-state index in [-0.39, 0.29) is 5.91 Å². The maximum Gasteiger partial charge on any atom is 0.270 e. The second-order valence-corrected chi connectivity index (χ2v) is 6.58. The lowest BCUT2D eigenvalue weighted by Gasteiger charge is -2.32. The van der Waals surface area contributed by atoms with Gasteiger partial charge in [0.25, 0.3) is 5.91 Å². The zero-order valence-electron chi connectivity index (χ0n) is 13.0. The molecule has 0 unspecified atom stereocenters. The number of thiophene rings is 1. The second-order valence-electron chi connectivity index (χ2n) is 5.63. The number of nitrogens with zero attached hydrogens (tertiary/aromatic N) is 4. The Balaban J connectivity index is 1.78. The molecule has 2 aliphatic heterocycles. The molecule has 0 radical (unpaired) electrons. The Morgan fingerprint density at radius 1 is 1.35 bits per heavy atom. The van der Waals surface area contributed by atoms with Crippen molar-refractivity contribution in [1.82, 2.24) is 9.80 Å². The van der Waals surface area contributed by atoms with E-state index in [4.69, 9.17) is 4.99 Å². The van der Waals surface area contributed by atoms with E-state index >= 15 is 0 Å². The van der Waals surface area contributed by atoms with Crippen molar-refractivity contribution in [2.75, 3.05) is 20.1 Å². The van der Waals surface area contributed by atoms with E-state index in [9.17, 15) is 4.79 Å². The first kappa shape index (κ1) is 14.1. The number of amides is 1. The highest BCUT2D eigenvalue weighted by molar-refractivity contribution is 7.12. The average molecular weight is 324 g/mol. The van der Waals surface area contributed by atoms with Crippen molar-refractivity contribution in [3.8, 4) is 0 Å². The maximum absolute atomic E-state index is 12.7. The minimum atomic E-state index is -0.0406. The first-order valence-electron chi connectivity index (χ1n) is 7.48. The van der Waals surface area contributed by atoms with Crippen molar-refractivity contribution in [1.29, 1.82) is 0 Å². The van der Waals surface area contributed by atoms with Crippen LogP contribution in [0.25, 0.3) is 0 Å². The average Bonchev–Trinajstić information content (AvgIpc) is 3.23. The lowest BCUT2D eigenvalue weighted by Crippen LogP contribution is -2.48. The van der Waals surface area contributed by atoms with Gasteiger partial charge < -0.3 is 0 Å². The molecule has 116 valence electrons. The number of hydrogen-bond acceptors (Lipinski definition) is 5. The van der Waals surface area contributed by atoms with Gasteiger partial charge in [-0.25, -0.2) is 4.99 Å². The van der Waals surface area contributed by atoms with Crippen molar-refractivity contribution in [3.63, 3.8) is 0 Å². The lowest BCUT2D eigenvalue weighted by atomic mass is 10.1. The van der Waals surface area contributed by atoms with Crippen LogP contribution in [0.2, 0.25) is 0 Å². The van der Waals surface area contributed by atoms with Crippen LogP contribution in [0.15, 0.2) is 45.7 Å². The molecule has 23 heavy (non-hydrogen) atoms. The predicted octanol–water partition coefficient (Wildman–Crippen LogP) is 2.89. The number of guanidine groups is 1. The van der Waals surface area contributed by atoms with Gasteiger partial charge in [-0.2, -0.15) is 0 Å². The molecule has 1 aromatic carbocycles. The number of fused-ring (bicyclic) bond motifs is 3. The fourth-order valence-corrected chi connectivity index (χ4v) is 3.57. The van der Waals surface area contributed by atoms with Gasteiger partial charge in [0.1, 0.15) is 5.84 Å².